The van der Waals surface area contributed by atoms with Gasteiger partial charge in [0.05, 0.1) is 28.4 Å². The van der Waals surface area contributed by atoms with Gasteiger partial charge in [0, 0.05) is 6.20 Å². The van der Waals surface area contributed by atoms with Crippen LogP contribution >= 0.6 is 0 Å². The predicted octanol–water partition coefficient (Wildman–Crippen LogP) is 2.16. The number of carbonyl (C=O) groups is 3. The molecule has 3 amide bonds. The molecule has 1 aromatic heterocycles. The minimum atomic E-state index is -4.44. The van der Waals surface area contributed by atoms with Crippen LogP contribution in [0.15, 0.2) is 65.7 Å². The molecule has 1 N–H and O–H groups in total. The van der Waals surface area contributed by atoms with Gasteiger partial charge in [0.15, 0.2) is 0 Å². The first kappa shape index (κ1) is 20.8. The fraction of sp³-hybridized carbons (Fsp3) is 0.0909. The number of nitrogens with zero attached hydrogens (tertiary/aromatic N) is 3. The van der Waals surface area contributed by atoms with Gasteiger partial charge in [0.1, 0.15) is 18.1 Å². The number of carbonyl (C=O) groups excluding carboxylic acids is 3. The van der Waals surface area contributed by atoms with E-state index in [1.807, 2.05) is 0 Å². The number of hydrogen-bond acceptors (Lipinski definition) is 6. The number of rotatable bonds is 4. The van der Waals surface area contributed by atoms with Crippen LogP contribution in [-0.4, -0.2) is 42.6 Å². The molecule has 0 fully saturated rings. The van der Waals surface area contributed by atoms with E-state index in [9.17, 15) is 27.2 Å². The molecule has 3 heterocycles. The van der Waals surface area contributed by atoms with Crippen LogP contribution in [-0.2, 0) is 21.4 Å². The van der Waals surface area contributed by atoms with Gasteiger partial charge >= 0.3 is 0 Å². The van der Waals surface area contributed by atoms with Crippen molar-refractivity contribution in [3.05, 3.63) is 83.4 Å². The topological polar surface area (TPSA) is 117 Å². The van der Waals surface area contributed by atoms with Crippen LogP contribution in [0.25, 0.3) is 0 Å². The van der Waals surface area contributed by atoms with E-state index in [1.165, 1.54) is 30.5 Å². The summed E-state index contributed by atoms with van der Waals surface area (Å²) in [4.78, 5) is 41.9. The lowest BCUT2D eigenvalue weighted by Gasteiger charge is -2.31. The highest BCUT2D eigenvalue weighted by molar-refractivity contribution is 7.93. The van der Waals surface area contributed by atoms with Crippen molar-refractivity contribution in [1.82, 2.24) is 9.88 Å². The zero-order valence-corrected chi connectivity index (χ0v) is 17.7. The lowest BCUT2D eigenvalue weighted by molar-refractivity contribution is -0.115. The highest BCUT2D eigenvalue weighted by atomic mass is 32.2. The van der Waals surface area contributed by atoms with E-state index in [2.05, 4.69) is 10.3 Å². The Bertz CT molecular complexity index is 1420. The number of imide groups is 1. The highest BCUT2D eigenvalue weighted by Gasteiger charge is 2.39. The van der Waals surface area contributed by atoms with Crippen molar-refractivity contribution in [2.75, 3.05) is 16.2 Å². The Morgan fingerprint density at radius 1 is 1.00 bits per heavy atom. The van der Waals surface area contributed by atoms with Crippen molar-refractivity contribution in [3.63, 3.8) is 0 Å². The van der Waals surface area contributed by atoms with Crippen molar-refractivity contribution >= 4 is 39.1 Å². The summed E-state index contributed by atoms with van der Waals surface area (Å²) >= 11 is 0. The summed E-state index contributed by atoms with van der Waals surface area (Å²) in [5.41, 5.74) is 0.611. The van der Waals surface area contributed by atoms with Crippen LogP contribution in [0.2, 0.25) is 0 Å². The molecule has 0 bridgehead atoms. The Kier molecular flexibility index (Phi) is 4.71. The third-order valence-electron chi connectivity index (χ3n) is 5.39. The van der Waals surface area contributed by atoms with Gasteiger partial charge in [-0.05, 0) is 42.0 Å². The molecule has 3 aromatic rings. The predicted molar refractivity (Wildman–Crippen MR) is 114 cm³/mol. The molecule has 0 saturated carbocycles. The molecule has 2 aliphatic rings. The molecule has 0 saturated heterocycles. The van der Waals surface area contributed by atoms with E-state index >= 15 is 0 Å². The quantitative estimate of drug-likeness (QED) is 0.589. The van der Waals surface area contributed by atoms with Crippen LogP contribution in [0.5, 0.6) is 0 Å². The van der Waals surface area contributed by atoms with E-state index in [0.29, 0.717) is 5.69 Å². The first-order chi connectivity index (χ1) is 15.8. The van der Waals surface area contributed by atoms with E-state index in [0.717, 1.165) is 21.3 Å². The Hall–Kier alpha value is -4.12. The molecule has 0 radical (unpaired) electrons. The average molecular weight is 466 g/mol. The SMILES string of the molecule is O=C1CN(S(=O)(=O)c2cc(F)ccc2CN2C(=O)c3cccnc3C2=O)c2ccccc2N1. The summed E-state index contributed by atoms with van der Waals surface area (Å²) in [6.07, 6.45) is 1.38. The van der Waals surface area contributed by atoms with Gasteiger partial charge in [-0.15, -0.1) is 0 Å². The number of pyridine rings is 1. The van der Waals surface area contributed by atoms with Crippen molar-refractivity contribution in [2.45, 2.75) is 11.4 Å². The molecule has 2 aromatic carbocycles. The average Bonchev–Trinajstić information content (AvgIpc) is 3.04. The van der Waals surface area contributed by atoms with Gasteiger partial charge in [-0.25, -0.2) is 12.8 Å². The third-order valence-corrected chi connectivity index (χ3v) is 7.23. The van der Waals surface area contributed by atoms with Crippen LogP contribution < -0.4 is 9.62 Å². The number of nitrogens with one attached hydrogen (secondary N) is 1. The van der Waals surface area contributed by atoms with Gasteiger partial charge in [-0.2, -0.15) is 0 Å². The lowest BCUT2D eigenvalue weighted by Crippen LogP contribution is -2.42. The lowest BCUT2D eigenvalue weighted by atomic mass is 10.2. The van der Waals surface area contributed by atoms with E-state index in [4.69, 9.17) is 0 Å². The molecule has 2 aliphatic heterocycles. The maximum Gasteiger partial charge on any atom is 0.280 e. The molecule has 0 spiro atoms. The van der Waals surface area contributed by atoms with Crippen molar-refractivity contribution in [3.8, 4) is 0 Å². The molecule has 0 unspecified atom stereocenters. The van der Waals surface area contributed by atoms with Gasteiger partial charge in [-0.3, -0.25) is 28.6 Å². The molecule has 9 nitrogen and oxygen atoms in total. The van der Waals surface area contributed by atoms with Gasteiger partial charge in [-0.1, -0.05) is 18.2 Å². The molecule has 0 atom stereocenters. The third kappa shape index (κ3) is 3.33. The standard InChI is InChI=1S/C22H15FN4O5S/c23-14-8-7-13(11-26-21(29)15-4-3-9-24-20(15)22(26)30)18(10-14)33(31,32)27-12-19(28)25-16-5-1-2-6-17(16)27/h1-10H,11-12H2,(H,25,28). The van der Waals surface area contributed by atoms with Crippen LogP contribution in [0.1, 0.15) is 26.4 Å². The second-order valence-corrected chi connectivity index (χ2v) is 9.26. The number of benzene rings is 2. The number of halogens is 1. The molecular weight excluding hydrogens is 451 g/mol. The maximum absolute atomic E-state index is 14.2. The Morgan fingerprint density at radius 3 is 2.58 bits per heavy atom. The van der Waals surface area contributed by atoms with E-state index < -0.39 is 51.5 Å². The second-order valence-electron chi connectivity index (χ2n) is 7.43. The Morgan fingerprint density at radius 2 is 1.79 bits per heavy atom. The first-order valence-corrected chi connectivity index (χ1v) is 11.2. The maximum atomic E-state index is 14.2. The van der Waals surface area contributed by atoms with Crippen molar-refractivity contribution < 1.29 is 27.2 Å². The number of anilines is 2. The largest absolute Gasteiger partial charge is 0.323 e. The van der Waals surface area contributed by atoms with Crippen molar-refractivity contribution in [1.29, 1.82) is 0 Å². The summed E-state index contributed by atoms with van der Waals surface area (Å²) in [7, 11) is -4.44. The zero-order valence-electron chi connectivity index (χ0n) is 16.9. The number of fused-ring (bicyclic) bond motifs is 2. The number of amides is 3. The Labute approximate surface area is 187 Å². The zero-order chi connectivity index (χ0) is 23.3. The minimum Gasteiger partial charge on any atom is -0.323 e. The second kappa shape index (κ2) is 7.48. The molecule has 0 aliphatic carbocycles. The summed E-state index contributed by atoms with van der Waals surface area (Å²) in [6.45, 7) is -0.920. The highest BCUT2D eigenvalue weighted by Crippen LogP contribution is 2.35. The normalized spacial score (nSPS) is 15.4. The molecule has 33 heavy (non-hydrogen) atoms. The van der Waals surface area contributed by atoms with Crippen LogP contribution in [0.4, 0.5) is 15.8 Å². The minimum absolute atomic E-state index is 0.0226. The fourth-order valence-corrected chi connectivity index (χ4v) is 5.53. The van der Waals surface area contributed by atoms with Crippen LogP contribution in [0.3, 0.4) is 0 Å². The number of para-hydroxylation sites is 2. The fourth-order valence-electron chi connectivity index (χ4n) is 3.86. The van der Waals surface area contributed by atoms with E-state index in [-0.39, 0.29) is 22.5 Å². The summed E-state index contributed by atoms with van der Waals surface area (Å²) in [5.74, 6) is -2.68. The first-order valence-electron chi connectivity index (χ1n) is 9.78. The van der Waals surface area contributed by atoms with Gasteiger partial charge in [0.25, 0.3) is 21.8 Å². The molecule has 5 rings (SSSR count). The van der Waals surface area contributed by atoms with Gasteiger partial charge in [0.2, 0.25) is 5.91 Å². The van der Waals surface area contributed by atoms with Crippen molar-refractivity contribution in [2.24, 2.45) is 0 Å². The van der Waals surface area contributed by atoms with E-state index in [1.54, 1.807) is 18.2 Å². The summed E-state index contributed by atoms with van der Waals surface area (Å²) < 4.78 is 42.3. The number of sulfonamides is 1. The van der Waals surface area contributed by atoms with Crippen LogP contribution in [0, 0.1) is 5.82 Å². The van der Waals surface area contributed by atoms with Gasteiger partial charge < -0.3 is 5.32 Å². The molecular formula is C22H15FN4O5S. The number of aromatic nitrogens is 1. The summed E-state index contributed by atoms with van der Waals surface area (Å²) in [6, 6.07) is 12.3. The molecule has 166 valence electrons. The monoisotopic (exact) mass is 466 g/mol. The summed E-state index contributed by atoms with van der Waals surface area (Å²) in [5, 5.41) is 2.60. The number of hydrogen-bond donors (Lipinski definition) is 1. The Balaban J connectivity index is 1.57. The molecule has 11 heteroatoms. The smallest absolute Gasteiger partial charge is 0.280 e.